The van der Waals surface area contributed by atoms with Crippen LogP contribution in [0.15, 0.2) is 24.3 Å². The zero-order valence-electron chi connectivity index (χ0n) is 77.5. The number of terminal acetylenes is 1. The third-order valence-corrected chi connectivity index (χ3v) is 21.4. The number of hydrogen-bond acceptors (Lipinski definition) is 39. The van der Waals surface area contributed by atoms with Crippen LogP contribution in [0.4, 0.5) is 0 Å². The molecule has 3 aliphatic rings. The van der Waals surface area contributed by atoms with E-state index in [1.807, 2.05) is 0 Å². The van der Waals surface area contributed by atoms with Gasteiger partial charge in [-0.2, -0.15) is 0 Å². The number of esters is 9. The Morgan fingerprint density at radius 1 is 0.402 bits per heavy atom. The molecule has 16 unspecified atom stereocenters. The molecule has 0 aliphatic carbocycles. The number of rotatable bonds is 61. The van der Waals surface area contributed by atoms with E-state index in [-0.39, 0.29) is 161 Å². The van der Waals surface area contributed by atoms with Crippen LogP contribution in [0.2, 0.25) is 0 Å². The Morgan fingerprint density at radius 2 is 0.742 bits per heavy atom. The van der Waals surface area contributed by atoms with Crippen molar-refractivity contribution in [2.45, 2.75) is 240 Å². The van der Waals surface area contributed by atoms with E-state index in [9.17, 15) is 76.7 Å². The summed E-state index contributed by atoms with van der Waals surface area (Å²) in [6.45, 7) is 17.5. The van der Waals surface area contributed by atoms with Crippen molar-refractivity contribution in [3.05, 3.63) is 29.8 Å². The van der Waals surface area contributed by atoms with Crippen LogP contribution in [0.3, 0.4) is 0 Å². The average molecular weight is 1900 g/mol. The standard InChI is InChI=1S/C85H130N7O39P/c1-18-19-30-121-132(80(49(2)3)50(4)5)131-64-22-20-63(21-23-64)81(108)92-85(26-33-112-46-70(107)88-29-36-111-39-42-117-84-73(91-53(8)95)79(127-62(17)104)76(124-59(14)101)67(130-84)45-120-56(11)98,47-113-31-24-68(105)86-27-34-109-37-40-115-82-71(89-51(6)93)77(125-60(15)102)74(122-57(12)99)65(128-82)43-118-54(9)96)48-114-32-25-69(106)87-28-35-110-38-41-116-83-72(90-52(7)94)78(126-61(16)103)75(123-58(13)100)66(129-83)44-119-55(10)97/h1,20-23,49-50,65-67,71-80,82-84H,19,24-48H2,2-17H3,(H,86,105)(H,87,106)(H,88,107)(H,89,93)(H,90,94)(H,91,95)(H,92,108). The fourth-order valence-electron chi connectivity index (χ4n) is 13.6. The molecule has 0 spiro atoms. The van der Waals surface area contributed by atoms with E-state index in [1.165, 1.54) is 32.9 Å². The number of benzene rings is 1. The second-order valence-corrected chi connectivity index (χ2v) is 32.6. The van der Waals surface area contributed by atoms with Gasteiger partial charge in [0.05, 0.1) is 98.0 Å². The third-order valence-electron chi connectivity index (χ3n) is 18.9. The zero-order chi connectivity index (χ0) is 98.0. The molecule has 4 rings (SSSR count). The molecular formula is C85H130N7O39P. The highest BCUT2D eigenvalue weighted by molar-refractivity contribution is 7.48. The lowest BCUT2D eigenvalue weighted by atomic mass is 9.96. The molecule has 0 saturated carbocycles. The van der Waals surface area contributed by atoms with Crippen molar-refractivity contribution in [1.82, 2.24) is 37.2 Å². The van der Waals surface area contributed by atoms with Gasteiger partial charge in [-0.05, 0) is 42.5 Å². The van der Waals surface area contributed by atoms with Crippen LogP contribution in [-0.2, 0) is 176 Å². The summed E-state index contributed by atoms with van der Waals surface area (Å²) in [5.41, 5.74) is -1.44. The first-order valence-corrected chi connectivity index (χ1v) is 44.2. The second-order valence-electron chi connectivity index (χ2n) is 31.0. The molecule has 16 atom stereocenters. The zero-order valence-corrected chi connectivity index (χ0v) is 78.4. The summed E-state index contributed by atoms with van der Waals surface area (Å²) in [7, 11) is -1.54. The lowest BCUT2D eigenvalue weighted by molar-refractivity contribution is -0.279. The highest BCUT2D eigenvalue weighted by Crippen LogP contribution is 2.50. The Kier molecular flexibility index (Phi) is 53.5. The van der Waals surface area contributed by atoms with Gasteiger partial charge in [0, 0.05) is 140 Å². The van der Waals surface area contributed by atoms with Gasteiger partial charge >= 0.3 is 53.7 Å². The first-order chi connectivity index (χ1) is 62.6. The number of carbonyl (C=O) groups excluding carboxylic acids is 16. The molecule has 1 aromatic rings. The molecule has 3 fully saturated rings. The van der Waals surface area contributed by atoms with Gasteiger partial charge in [-0.15, -0.1) is 12.3 Å². The summed E-state index contributed by atoms with van der Waals surface area (Å²) >= 11 is 0. The van der Waals surface area contributed by atoms with Gasteiger partial charge in [-0.25, -0.2) is 0 Å². The van der Waals surface area contributed by atoms with Crippen molar-refractivity contribution in [2.75, 3.05) is 145 Å². The van der Waals surface area contributed by atoms with Gasteiger partial charge in [0.1, 0.15) is 68.6 Å². The molecule has 0 bridgehead atoms. The van der Waals surface area contributed by atoms with Gasteiger partial charge in [0.2, 0.25) is 43.8 Å². The minimum absolute atomic E-state index is 0.0106. The molecule has 46 nitrogen and oxygen atoms in total. The Balaban J connectivity index is 1.54. The first-order valence-electron chi connectivity index (χ1n) is 42.9. The fourth-order valence-corrected chi connectivity index (χ4v) is 15.5. The molecule has 3 saturated heterocycles. The van der Waals surface area contributed by atoms with E-state index in [0.29, 0.717) is 12.2 Å². The maximum absolute atomic E-state index is 14.8. The van der Waals surface area contributed by atoms with Gasteiger partial charge in [-0.1, -0.05) is 27.7 Å². The number of ether oxygens (including phenoxy) is 21. The Bertz CT molecular complexity index is 3580. The van der Waals surface area contributed by atoms with Gasteiger partial charge in [-0.3, -0.25) is 76.7 Å². The predicted octanol–water partition coefficient (Wildman–Crippen LogP) is 0.203. The van der Waals surface area contributed by atoms with Gasteiger partial charge in [0.25, 0.3) is 5.91 Å². The smallest absolute Gasteiger partial charge is 0.303 e. The summed E-state index contributed by atoms with van der Waals surface area (Å²) in [5, 5.41) is 19.0. The molecular weight excluding hydrogens is 1770 g/mol. The quantitative estimate of drug-likeness (QED) is 0.0151. The van der Waals surface area contributed by atoms with Crippen molar-refractivity contribution < 1.29 is 185 Å². The average Bonchev–Trinajstić information content (AvgIpc) is 0.792. The molecule has 7 amide bonds. The fraction of sp³-hybridized carbons (Fsp3) is 0.718. The molecule has 0 radical (unpaired) electrons. The van der Waals surface area contributed by atoms with Crippen molar-refractivity contribution in [2.24, 2.45) is 11.8 Å². The summed E-state index contributed by atoms with van der Waals surface area (Å²) < 4.78 is 132. The monoisotopic (exact) mass is 1900 g/mol. The van der Waals surface area contributed by atoms with Crippen LogP contribution in [0.25, 0.3) is 0 Å². The van der Waals surface area contributed by atoms with Crippen molar-refractivity contribution in [3.63, 3.8) is 0 Å². The molecule has 1 aromatic carbocycles. The van der Waals surface area contributed by atoms with Crippen LogP contribution in [0.1, 0.15) is 147 Å². The van der Waals surface area contributed by atoms with Crippen LogP contribution < -0.4 is 41.7 Å². The Morgan fingerprint density at radius 3 is 1.06 bits per heavy atom. The molecule has 132 heavy (non-hydrogen) atoms. The summed E-state index contributed by atoms with van der Waals surface area (Å²) in [6, 6.07) is 2.58. The normalized spacial score (nSPS) is 22.2. The van der Waals surface area contributed by atoms with Gasteiger partial charge < -0.3 is 146 Å². The lowest BCUT2D eigenvalue weighted by Gasteiger charge is -2.44. The first kappa shape index (κ1) is 114. The van der Waals surface area contributed by atoms with Gasteiger partial charge in [0.15, 0.2) is 55.5 Å². The van der Waals surface area contributed by atoms with E-state index in [2.05, 4.69) is 70.8 Å². The van der Waals surface area contributed by atoms with Crippen LogP contribution in [0.5, 0.6) is 5.75 Å². The summed E-state index contributed by atoms with van der Waals surface area (Å²) in [4.78, 5) is 202. The predicted molar refractivity (Wildman–Crippen MR) is 455 cm³/mol. The third kappa shape index (κ3) is 44.7. The molecule has 744 valence electrons. The molecule has 3 aliphatic heterocycles. The molecule has 3 heterocycles. The Labute approximate surface area is 767 Å². The lowest BCUT2D eigenvalue weighted by Crippen LogP contribution is -2.66. The summed E-state index contributed by atoms with van der Waals surface area (Å²) in [5.74, 6) is -7.60. The van der Waals surface area contributed by atoms with Crippen molar-refractivity contribution in [3.8, 4) is 18.1 Å². The van der Waals surface area contributed by atoms with E-state index < -0.39 is 227 Å². The Hall–Kier alpha value is -9.99. The minimum Gasteiger partial charge on any atom is -0.463 e. The molecule has 0 aromatic heterocycles. The van der Waals surface area contributed by atoms with Crippen LogP contribution in [0, 0.1) is 24.2 Å². The number of nitrogens with one attached hydrogen (secondary N) is 7. The van der Waals surface area contributed by atoms with Crippen LogP contribution in [-0.4, -0.2) is 343 Å². The van der Waals surface area contributed by atoms with E-state index in [0.717, 1.165) is 62.3 Å². The molecule has 47 heteroatoms. The largest absolute Gasteiger partial charge is 0.463 e. The van der Waals surface area contributed by atoms with E-state index >= 15 is 0 Å². The highest BCUT2D eigenvalue weighted by Gasteiger charge is 2.55. The minimum atomic E-state index is -1.57. The maximum atomic E-state index is 14.8. The van der Waals surface area contributed by atoms with Crippen LogP contribution >= 0.6 is 8.38 Å². The molecule has 7 N–H and O–H groups in total. The number of amides is 7. The second kappa shape index (κ2) is 61.7. The number of hydrogen-bond donors (Lipinski definition) is 7. The highest BCUT2D eigenvalue weighted by atomic mass is 31.2. The van der Waals surface area contributed by atoms with E-state index in [4.69, 9.17) is 115 Å². The topological polar surface area (TPSA) is 570 Å². The summed E-state index contributed by atoms with van der Waals surface area (Å²) in [6.07, 6.45) is -10.6. The van der Waals surface area contributed by atoms with E-state index in [1.54, 1.807) is 12.1 Å². The van der Waals surface area contributed by atoms with Crippen molar-refractivity contribution >= 4 is 103 Å². The number of carbonyl (C=O) groups is 16. The van der Waals surface area contributed by atoms with Crippen molar-refractivity contribution in [1.29, 1.82) is 0 Å². The maximum Gasteiger partial charge on any atom is 0.303 e. The SMILES string of the molecule is C#CCCOP(Oc1ccc(C(=O)NC(CCOCC(=O)NCCOCCOC2OC(COC(C)=O)C(OC(C)=O)C(OC(C)=O)C2NC(C)=O)(COCCC(=O)NCCOCCOC2OC(COC(C)=O)C(OC(C)=O)C(OC(C)=O)C2NC(C)=O)COCCC(=O)NCCOCCOC2OC(COC(C)=O)C(OC(C)=O)C(OC(C)=O)C2NC(C)=O)cc1)C(C(C)C)C(C)C.